The molecule has 2 aliphatic carbocycles. The van der Waals surface area contributed by atoms with Gasteiger partial charge < -0.3 is 0 Å². The number of rotatable bonds is 3. The van der Waals surface area contributed by atoms with Crippen molar-refractivity contribution in [2.24, 2.45) is 0 Å². The summed E-state index contributed by atoms with van der Waals surface area (Å²) in [6.45, 7) is 4.72. The van der Waals surface area contributed by atoms with E-state index >= 15 is 0 Å². The second kappa shape index (κ2) is 8.36. The quantitative estimate of drug-likeness (QED) is 0.295. The lowest BCUT2D eigenvalue weighted by atomic mass is 9.88. The molecule has 0 spiro atoms. The molecule has 0 saturated carbocycles. The van der Waals surface area contributed by atoms with Gasteiger partial charge in [0.05, 0.1) is 0 Å². The zero-order valence-electron chi connectivity index (χ0n) is 19.4. The van der Waals surface area contributed by atoms with Crippen LogP contribution >= 0.6 is 7.53 Å². The largest absolute Gasteiger partial charge is 0.0764 e. The highest BCUT2D eigenvalue weighted by atomic mass is 31.1. The molecule has 0 saturated heterocycles. The highest BCUT2D eigenvalue weighted by Gasteiger charge is 2.28. The molecular weight excluding hydrogens is 415 g/mol. The minimum Gasteiger partial charge on any atom is -0.0764 e. The minimum absolute atomic E-state index is 0.627. The van der Waals surface area contributed by atoms with Crippen LogP contribution in [0.5, 0.6) is 0 Å². The van der Waals surface area contributed by atoms with E-state index in [1.807, 2.05) is 0 Å². The van der Waals surface area contributed by atoms with Gasteiger partial charge in [-0.15, -0.1) is 0 Å². The first-order chi connectivity index (χ1) is 16.2. The third-order valence-corrected chi connectivity index (χ3v) is 10.3. The van der Waals surface area contributed by atoms with Crippen LogP contribution in [0.15, 0.2) is 91.0 Å². The standard InChI is InChI=1S/C32H29P/c1-22-23(2)32(29-20-10-16-24-12-6-8-18-27(24)29)33(31(22)26-14-4-3-5-15-26)30-21-11-17-25-13-7-9-19-28(25)30/h3-9,12-15,18-21H,10-11,16-17H2,1-2H3. The molecule has 1 aromatic heterocycles. The van der Waals surface area contributed by atoms with E-state index in [9.17, 15) is 0 Å². The average molecular weight is 445 g/mol. The van der Waals surface area contributed by atoms with Gasteiger partial charge in [-0.1, -0.05) is 98.5 Å². The lowest BCUT2D eigenvalue weighted by molar-refractivity contribution is 0.978. The molecule has 0 amide bonds. The number of benzene rings is 3. The highest BCUT2D eigenvalue weighted by Crippen LogP contribution is 2.62. The fourth-order valence-electron chi connectivity index (χ4n) is 5.69. The number of hydrogen-bond donors (Lipinski definition) is 0. The van der Waals surface area contributed by atoms with Gasteiger partial charge in [0.2, 0.25) is 0 Å². The summed E-state index contributed by atoms with van der Waals surface area (Å²) >= 11 is 0. The van der Waals surface area contributed by atoms with Gasteiger partial charge in [0.15, 0.2) is 0 Å². The second-order valence-corrected chi connectivity index (χ2v) is 11.3. The van der Waals surface area contributed by atoms with Crippen molar-refractivity contribution in [3.63, 3.8) is 0 Å². The molecule has 33 heavy (non-hydrogen) atoms. The fourth-order valence-corrected chi connectivity index (χ4v) is 9.03. The van der Waals surface area contributed by atoms with E-state index in [0.717, 1.165) is 25.7 Å². The van der Waals surface area contributed by atoms with E-state index in [4.69, 9.17) is 0 Å². The monoisotopic (exact) mass is 444 g/mol. The second-order valence-electron chi connectivity index (χ2n) is 9.25. The Morgan fingerprint density at radius 3 is 1.91 bits per heavy atom. The first kappa shape index (κ1) is 20.5. The summed E-state index contributed by atoms with van der Waals surface area (Å²) in [5.74, 6) is 0. The maximum absolute atomic E-state index is 2.55. The van der Waals surface area contributed by atoms with E-state index in [1.165, 1.54) is 44.5 Å². The lowest BCUT2D eigenvalue weighted by Crippen LogP contribution is -2.01. The molecule has 1 heterocycles. The smallest absolute Gasteiger partial charge is 0.00972 e. The Bertz CT molecular complexity index is 1410. The molecule has 2 aliphatic rings. The van der Waals surface area contributed by atoms with Crippen molar-refractivity contribution in [2.45, 2.75) is 39.5 Å². The summed E-state index contributed by atoms with van der Waals surface area (Å²) in [4.78, 5) is 0. The van der Waals surface area contributed by atoms with Crippen LogP contribution in [0.1, 0.15) is 51.5 Å². The fraction of sp³-hybridized carbons (Fsp3) is 0.188. The Morgan fingerprint density at radius 2 is 1.15 bits per heavy atom. The molecule has 162 valence electrons. The molecule has 1 unspecified atom stereocenters. The van der Waals surface area contributed by atoms with Gasteiger partial charge in [0.25, 0.3) is 0 Å². The summed E-state index contributed by atoms with van der Waals surface area (Å²) in [5, 5.41) is 4.68. The molecule has 3 aromatic carbocycles. The summed E-state index contributed by atoms with van der Waals surface area (Å²) in [6.07, 6.45) is 9.63. The SMILES string of the molecule is Cc1c(C)c(-c2ccccc2)p(C2=CCCc3ccccc32)c1C1=CCCc2ccccc21. The van der Waals surface area contributed by atoms with Crippen molar-refractivity contribution >= 4 is 18.4 Å². The van der Waals surface area contributed by atoms with Crippen LogP contribution in [0.25, 0.3) is 21.7 Å². The van der Waals surface area contributed by atoms with E-state index in [0.29, 0.717) is 0 Å². The molecule has 1 atom stereocenters. The Morgan fingerprint density at radius 1 is 0.576 bits per heavy atom. The molecular formula is C32H29P. The molecule has 0 fully saturated rings. The van der Waals surface area contributed by atoms with Crippen molar-refractivity contribution in [3.05, 3.63) is 130 Å². The van der Waals surface area contributed by atoms with Gasteiger partial charge in [-0.2, -0.15) is 0 Å². The minimum atomic E-state index is -0.627. The van der Waals surface area contributed by atoms with Crippen molar-refractivity contribution in [2.75, 3.05) is 0 Å². The van der Waals surface area contributed by atoms with Gasteiger partial charge in [0.1, 0.15) is 0 Å². The molecule has 0 aliphatic heterocycles. The van der Waals surface area contributed by atoms with Gasteiger partial charge >= 0.3 is 0 Å². The summed E-state index contributed by atoms with van der Waals surface area (Å²) < 4.78 is 0. The Hall–Kier alpha value is -3.08. The molecule has 4 aromatic rings. The van der Waals surface area contributed by atoms with Gasteiger partial charge in [-0.25, -0.2) is 0 Å². The van der Waals surface area contributed by atoms with Crippen molar-refractivity contribution in [1.29, 1.82) is 0 Å². The number of allylic oxidation sites excluding steroid dienone is 2. The maximum Gasteiger partial charge on any atom is 0.00972 e. The third kappa shape index (κ3) is 3.36. The van der Waals surface area contributed by atoms with Crippen LogP contribution in [0.3, 0.4) is 0 Å². The molecule has 6 rings (SSSR count). The van der Waals surface area contributed by atoms with Crippen LogP contribution in [-0.2, 0) is 12.8 Å². The van der Waals surface area contributed by atoms with Crippen LogP contribution in [-0.4, -0.2) is 0 Å². The van der Waals surface area contributed by atoms with Crippen LogP contribution < -0.4 is 0 Å². The predicted molar refractivity (Wildman–Crippen MR) is 144 cm³/mol. The Kier molecular flexibility index (Phi) is 5.20. The average Bonchev–Trinajstić information content (AvgIpc) is 3.14. The molecule has 0 bridgehead atoms. The lowest BCUT2D eigenvalue weighted by Gasteiger charge is -2.24. The maximum atomic E-state index is 2.55. The molecule has 0 N–H and O–H groups in total. The molecule has 1 heteroatoms. The van der Waals surface area contributed by atoms with Crippen molar-refractivity contribution < 1.29 is 0 Å². The topological polar surface area (TPSA) is 0 Å². The first-order valence-electron chi connectivity index (χ1n) is 12.1. The summed E-state index contributed by atoms with van der Waals surface area (Å²) in [6, 6.07) is 29.3. The van der Waals surface area contributed by atoms with Gasteiger partial charge in [0, 0.05) is 15.9 Å². The zero-order chi connectivity index (χ0) is 22.4. The van der Waals surface area contributed by atoms with Gasteiger partial charge in [-0.05, 0) is 84.0 Å². The van der Waals surface area contributed by atoms with E-state index in [1.54, 1.807) is 15.9 Å². The predicted octanol–water partition coefficient (Wildman–Crippen LogP) is 9.17. The highest BCUT2D eigenvalue weighted by molar-refractivity contribution is 7.65. The normalized spacial score (nSPS) is 15.4. The van der Waals surface area contributed by atoms with E-state index in [2.05, 4.69) is 105 Å². The Balaban J connectivity index is 1.69. The molecule has 0 radical (unpaired) electrons. The van der Waals surface area contributed by atoms with Gasteiger partial charge in [-0.3, -0.25) is 0 Å². The first-order valence-corrected chi connectivity index (χ1v) is 13.4. The third-order valence-electron chi connectivity index (χ3n) is 7.38. The van der Waals surface area contributed by atoms with E-state index < -0.39 is 7.53 Å². The number of hydrogen-bond acceptors (Lipinski definition) is 0. The summed E-state index contributed by atoms with van der Waals surface area (Å²) in [7, 11) is -0.627. The number of fused-ring (bicyclic) bond motifs is 2. The van der Waals surface area contributed by atoms with Crippen LogP contribution in [0, 0.1) is 13.8 Å². The van der Waals surface area contributed by atoms with Crippen molar-refractivity contribution in [1.82, 2.24) is 0 Å². The van der Waals surface area contributed by atoms with E-state index in [-0.39, 0.29) is 0 Å². The van der Waals surface area contributed by atoms with Crippen molar-refractivity contribution in [3.8, 4) is 10.9 Å². The van der Waals surface area contributed by atoms with Crippen LogP contribution in [0.4, 0.5) is 0 Å². The van der Waals surface area contributed by atoms with Crippen LogP contribution in [0.2, 0.25) is 0 Å². The summed E-state index contributed by atoms with van der Waals surface area (Å²) in [5.41, 5.74) is 11.7. The molecule has 0 nitrogen and oxygen atoms in total. The number of aryl methyl sites for hydroxylation is 2. The zero-order valence-corrected chi connectivity index (χ0v) is 20.3. The Labute approximate surface area is 198 Å².